The van der Waals surface area contributed by atoms with E-state index in [4.69, 9.17) is 4.42 Å². The summed E-state index contributed by atoms with van der Waals surface area (Å²) in [7, 11) is 0. The Hall–Kier alpha value is -0.280. The molecule has 1 aromatic rings. The van der Waals surface area contributed by atoms with Crippen molar-refractivity contribution in [2.75, 3.05) is 6.54 Å². The van der Waals surface area contributed by atoms with E-state index in [1.807, 2.05) is 6.07 Å². The molecule has 72 valence electrons. The summed E-state index contributed by atoms with van der Waals surface area (Å²) in [6, 6.07) is 2.66. The lowest BCUT2D eigenvalue weighted by atomic mass is 10.2. The number of rotatable bonds is 2. The minimum Gasteiger partial charge on any atom is -0.467 e. The third-order valence-corrected chi connectivity index (χ3v) is 3.43. The van der Waals surface area contributed by atoms with Gasteiger partial charge in [0.05, 0.1) is 17.3 Å². The predicted octanol–water partition coefficient (Wildman–Crippen LogP) is 3.03. The van der Waals surface area contributed by atoms with E-state index in [9.17, 15) is 0 Å². The van der Waals surface area contributed by atoms with Crippen LogP contribution in [0.3, 0.4) is 0 Å². The number of hydrogen-bond donors (Lipinski definition) is 0. The first-order valence-electron chi connectivity index (χ1n) is 4.73. The highest BCUT2D eigenvalue weighted by molar-refractivity contribution is 9.10. The van der Waals surface area contributed by atoms with Crippen molar-refractivity contribution >= 4 is 15.9 Å². The minimum atomic E-state index is 0.706. The van der Waals surface area contributed by atoms with Gasteiger partial charge >= 0.3 is 0 Å². The van der Waals surface area contributed by atoms with Crippen molar-refractivity contribution in [3.05, 3.63) is 22.6 Å². The predicted molar refractivity (Wildman–Crippen MR) is 55.5 cm³/mol. The normalized spacial score (nSPS) is 24.0. The molecule has 1 atom stereocenters. The van der Waals surface area contributed by atoms with Gasteiger partial charge in [-0.3, -0.25) is 4.90 Å². The first-order valence-corrected chi connectivity index (χ1v) is 5.52. The van der Waals surface area contributed by atoms with E-state index in [1.165, 1.54) is 19.4 Å². The van der Waals surface area contributed by atoms with Gasteiger partial charge in [-0.15, -0.1) is 0 Å². The molecular formula is C10H14BrNO. The van der Waals surface area contributed by atoms with Gasteiger partial charge in [0.25, 0.3) is 0 Å². The fourth-order valence-corrected chi connectivity index (χ4v) is 2.18. The Morgan fingerprint density at radius 1 is 1.69 bits per heavy atom. The van der Waals surface area contributed by atoms with Crippen LogP contribution < -0.4 is 0 Å². The maximum atomic E-state index is 5.39. The first kappa shape index (κ1) is 9.28. The molecule has 0 aromatic carbocycles. The Balaban J connectivity index is 2.01. The van der Waals surface area contributed by atoms with Crippen LogP contribution in [0.1, 0.15) is 25.5 Å². The molecule has 1 aliphatic rings. The van der Waals surface area contributed by atoms with E-state index in [2.05, 4.69) is 27.8 Å². The zero-order chi connectivity index (χ0) is 9.26. The molecule has 1 fully saturated rings. The van der Waals surface area contributed by atoms with Gasteiger partial charge in [0.1, 0.15) is 5.76 Å². The van der Waals surface area contributed by atoms with Gasteiger partial charge in [-0.25, -0.2) is 0 Å². The Bertz CT molecular complexity index is 284. The van der Waals surface area contributed by atoms with Crippen LogP contribution in [-0.4, -0.2) is 17.5 Å². The van der Waals surface area contributed by atoms with E-state index in [0.717, 1.165) is 16.8 Å². The second-order valence-electron chi connectivity index (χ2n) is 3.65. The number of halogens is 1. The molecule has 0 bridgehead atoms. The van der Waals surface area contributed by atoms with Crippen molar-refractivity contribution in [2.24, 2.45) is 0 Å². The maximum Gasteiger partial charge on any atom is 0.131 e. The largest absolute Gasteiger partial charge is 0.467 e. The fraction of sp³-hybridized carbons (Fsp3) is 0.600. The van der Waals surface area contributed by atoms with E-state index in [0.29, 0.717) is 6.04 Å². The van der Waals surface area contributed by atoms with Crippen LogP contribution in [0.4, 0.5) is 0 Å². The van der Waals surface area contributed by atoms with Crippen molar-refractivity contribution in [1.82, 2.24) is 4.90 Å². The Morgan fingerprint density at radius 2 is 2.54 bits per heavy atom. The second kappa shape index (κ2) is 3.84. The Labute approximate surface area is 87.0 Å². The highest BCUT2D eigenvalue weighted by Gasteiger charge is 2.21. The third-order valence-electron chi connectivity index (χ3n) is 2.73. The number of likely N-dealkylation sites (tertiary alicyclic amines) is 1. The smallest absolute Gasteiger partial charge is 0.131 e. The fourth-order valence-electron chi connectivity index (χ4n) is 1.85. The summed E-state index contributed by atoms with van der Waals surface area (Å²) in [5.41, 5.74) is 0. The monoisotopic (exact) mass is 243 g/mol. The average molecular weight is 244 g/mol. The van der Waals surface area contributed by atoms with Crippen molar-refractivity contribution in [2.45, 2.75) is 32.4 Å². The van der Waals surface area contributed by atoms with Crippen molar-refractivity contribution in [3.8, 4) is 0 Å². The van der Waals surface area contributed by atoms with E-state index in [-0.39, 0.29) is 0 Å². The van der Waals surface area contributed by atoms with Crippen LogP contribution in [-0.2, 0) is 6.54 Å². The van der Waals surface area contributed by atoms with Crippen LogP contribution in [0, 0.1) is 0 Å². The number of nitrogens with zero attached hydrogens (tertiary/aromatic N) is 1. The highest BCUT2D eigenvalue weighted by atomic mass is 79.9. The van der Waals surface area contributed by atoms with Gasteiger partial charge in [-0.1, -0.05) is 0 Å². The molecule has 0 amide bonds. The molecule has 13 heavy (non-hydrogen) atoms. The number of hydrogen-bond acceptors (Lipinski definition) is 2. The molecule has 3 heteroatoms. The molecule has 0 aliphatic carbocycles. The Kier molecular flexibility index (Phi) is 2.74. The molecule has 0 spiro atoms. The van der Waals surface area contributed by atoms with Crippen LogP contribution in [0.5, 0.6) is 0 Å². The molecule has 1 unspecified atom stereocenters. The summed E-state index contributed by atoms with van der Waals surface area (Å²) in [6.45, 7) is 4.42. The van der Waals surface area contributed by atoms with Crippen LogP contribution >= 0.6 is 15.9 Å². The summed E-state index contributed by atoms with van der Waals surface area (Å²) in [4.78, 5) is 2.46. The molecule has 0 N–H and O–H groups in total. The lowest BCUT2D eigenvalue weighted by Crippen LogP contribution is -2.25. The lowest BCUT2D eigenvalue weighted by molar-refractivity contribution is 0.238. The van der Waals surface area contributed by atoms with Crippen molar-refractivity contribution in [3.63, 3.8) is 0 Å². The summed E-state index contributed by atoms with van der Waals surface area (Å²) in [5, 5.41) is 0. The molecule has 1 aromatic heterocycles. The number of furan rings is 1. The first-order chi connectivity index (χ1) is 6.27. The summed E-state index contributed by atoms with van der Waals surface area (Å²) < 4.78 is 6.48. The molecule has 0 saturated carbocycles. The lowest BCUT2D eigenvalue weighted by Gasteiger charge is -2.19. The summed E-state index contributed by atoms with van der Waals surface area (Å²) in [6.07, 6.45) is 4.37. The molecular weight excluding hydrogens is 230 g/mol. The molecule has 2 heterocycles. The van der Waals surface area contributed by atoms with Gasteiger partial charge in [-0.2, -0.15) is 0 Å². The van der Waals surface area contributed by atoms with Gasteiger partial charge < -0.3 is 4.42 Å². The topological polar surface area (TPSA) is 16.4 Å². The molecule has 2 rings (SSSR count). The third kappa shape index (κ3) is 1.97. The second-order valence-corrected chi connectivity index (χ2v) is 4.51. The van der Waals surface area contributed by atoms with Gasteiger partial charge in [0.15, 0.2) is 0 Å². The van der Waals surface area contributed by atoms with Crippen LogP contribution in [0.2, 0.25) is 0 Å². The zero-order valence-corrected chi connectivity index (χ0v) is 9.38. The van der Waals surface area contributed by atoms with E-state index < -0.39 is 0 Å². The SMILES string of the molecule is CC1CCCN1Cc1occc1Br. The summed E-state index contributed by atoms with van der Waals surface area (Å²) >= 11 is 3.47. The van der Waals surface area contributed by atoms with Gasteiger partial charge in [0, 0.05) is 6.04 Å². The zero-order valence-electron chi connectivity index (χ0n) is 7.79. The van der Waals surface area contributed by atoms with Crippen molar-refractivity contribution in [1.29, 1.82) is 0 Å². The average Bonchev–Trinajstić information content (AvgIpc) is 2.65. The molecule has 1 saturated heterocycles. The molecule has 1 aliphatic heterocycles. The van der Waals surface area contributed by atoms with Crippen LogP contribution in [0.25, 0.3) is 0 Å². The quantitative estimate of drug-likeness (QED) is 0.795. The van der Waals surface area contributed by atoms with Crippen LogP contribution in [0.15, 0.2) is 21.2 Å². The summed E-state index contributed by atoms with van der Waals surface area (Å²) in [5.74, 6) is 1.05. The maximum absolute atomic E-state index is 5.39. The van der Waals surface area contributed by atoms with E-state index in [1.54, 1.807) is 6.26 Å². The molecule has 0 radical (unpaired) electrons. The van der Waals surface area contributed by atoms with Crippen molar-refractivity contribution < 1.29 is 4.42 Å². The highest BCUT2D eigenvalue weighted by Crippen LogP contribution is 2.24. The standard InChI is InChI=1S/C10H14BrNO/c1-8-3-2-5-12(8)7-10-9(11)4-6-13-10/h4,6,8H,2-3,5,7H2,1H3. The van der Waals surface area contributed by atoms with E-state index >= 15 is 0 Å². The Morgan fingerprint density at radius 3 is 3.08 bits per heavy atom. The minimum absolute atomic E-state index is 0.706. The molecule has 2 nitrogen and oxygen atoms in total. The van der Waals surface area contributed by atoms with Gasteiger partial charge in [-0.05, 0) is 48.3 Å². The van der Waals surface area contributed by atoms with Gasteiger partial charge in [0.2, 0.25) is 0 Å².